The van der Waals surface area contributed by atoms with E-state index in [2.05, 4.69) is 129 Å². The van der Waals surface area contributed by atoms with E-state index in [1.54, 1.807) is 0 Å². The molecule has 0 aliphatic carbocycles. The number of nitrogens with one attached hydrogen (secondary N) is 6. The molecule has 6 atom stereocenters. The van der Waals surface area contributed by atoms with E-state index in [0.29, 0.717) is 25.7 Å². The van der Waals surface area contributed by atoms with Crippen LogP contribution in [0.4, 0.5) is 0 Å². The molecule has 114 heavy (non-hydrogen) atoms. The number of hydrogen-bond donors (Lipinski definition) is 8. The number of hydrogen-bond acceptors (Lipinski definition) is 20. The Balaban J connectivity index is 0.000000204. The maximum Gasteiger partial charge on any atom is 0.323 e. The maximum atomic E-state index is 12.3. The van der Waals surface area contributed by atoms with Gasteiger partial charge in [0, 0.05) is 169 Å². The van der Waals surface area contributed by atoms with Crippen LogP contribution in [0.2, 0.25) is 0 Å². The largest absolute Gasteiger partial charge is 0.468 e. The highest BCUT2D eigenvalue weighted by atomic mass is 128. The third-order valence-electron chi connectivity index (χ3n) is 19.2. The van der Waals surface area contributed by atoms with Crippen LogP contribution in [0.15, 0.2) is 181 Å². The third-order valence-corrected chi connectivity index (χ3v) is 19.2. The zero-order valence-electron chi connectivity index (χ0n) is 60.6. The molecule has 3 unspecified atom stereocenters. The van der Waals surface area contributed by atoms with Crippen molar-refractivity contribution < 1.29 is 86.0 Å². The van der Waals surface area contributed by atoms with Crippen molar-refractivity contribution in [2.75, 3.05) is 55.6 Å². The van der Waals surface area contributed by atoms with Crippen molar-refractivity contribution in [3.05, 3.63) is 262 Å². The van der Waals surface area contributed by atoms with Crippen LogP contribution >= 0.6 is 74.5 Å². The number of para-hydroxylation sites is 4. The van der Waals surface area contributed by atoms with E-state index < -0.39 is 36.1 Å². The van der Waals surface area contributed by atoms with E-state index in [0.717, 1.165) is 156 Å². The van der Waals surface area contributed by atoms with Gasteiger partial charge in [0.15, 0.2) is 46.0 Å². The number of aromatic amines is 2. The summed E-state index contributed by atoms with van der Waals surface area (Å²) in [6.45, 7) is 0.952. The Morgan fingerprint density at radius 2 is 0.763 bits per heavy atom. The molecule has 0 radical (unpaired) electrons. The molecular weight excluding hydrogens is 1910 g/mol. The molecule has 604 valence electrons. The Labute approximate surface area is 710 Å². The molecule has 0 bridgehead atoms. The number of H-pyrrole nitrogens is 2. The van der Waals surface area contributed by atoms with Gasteiger partial charge in [0.2, 0.25) is 49.3 Å². The lowest BCUT2D eigenvalue weighted by atomic mass is 9.90. The van der Waals surface area contributed by atoms with Crippen molar-refractivity contribution in [1.29, 1.82) is 0 Å². The van der Waals surface area contributed by atoms with E-state index in [-0.39, 0.29) is 95.8 Å². The Morgan fingerprint density at radius 3 is 1.12 bits per heavy atom. The molecule has 18 rings (SSSR count). The van der Waals surface area contributed by atoms with Gasteiger partial charge in [-0.3, -0.25) is 29.8 Å². The van der Waals surface area contributed by atoms with Crippen LogP contribution in [0.3, 0.4) is 0 Å². The number of fused-ring (bicyclic) bond motifs is 12. The number of methoxy groups -OCH3 is 4. The second-order valence-corrected chi connectivity index (χ2v) is 25.4. The number of halogens is 4. The van der Waals surface area contributed by atoms with Crippen LogP contribution in [0, 0.1) is 14.9 Å². The number of esters is 4. The minimum Gasteiger partial charge on any atom is -0.468 e. The lowest BCUT2D eigenvalue weighted by Gasteiger charge is -2.30. The number of aromatic nitrogens is 2. The number of benzene rings is 8. The van der Waals surface area contributed by atoms with Crippen LogP contribution in [-0.2, 0) is 51.0 Å². The van der Waals surface area contributed by atoms with Crippen molar-refractivity contribution >= 4 is 143 Å². The van der Waals surface area contributed by atoms with Gasteiger partial charge < -0.3 is 93.1 Å². The van der Waals surface area contributed by atoms with Gasteiger partial charge in [0.25, 0.3) is 0 Å². The van der Waals surface area contributed by atoms with Crippen molar-refractivity contribution in [2.24, 2.45) is 11.5 Å². The molecule has 24 nitrogen and oxygen atoms in total. The smallest absolute Gasteiger partial charge is 0.323 e. The molecule has 0 saturated carbocycles. The molecular formula is C86H96I4N8O16. The minimum atomic E-state index is -0.719. The highest BCUT2D eigenvalue weighted by molar-refractivity contribution is 15.0. The molecule has 0 spiro atoms. The van der Waals surface area contributed by atoms with Crippen molar-refractivity contribution in [3.8, 4) is 46.0 Å². The molecule has 8 aromatic carbocycles. The Bertz CT molecular complexity index is 5090. The van der Waals surface area contributed by atoms with Crippen molar-refractivity contribution in [1.82, 2.24) is 20.6 Å². The standard InChI is InChI=1S/4C20H18N2O4.4CH4.2CH3.2I2/c2*1-24-20(23)15-9-13-12-4-2-3-5-14(12)21-19(13)18(22-15)11-6-7-16-17(8-11)26-10-25-16;2*1-24-20(23)15(21)10-14-13-4-2-3-5-16(13)22-17(14)8-12-6-7-18-19(9-12)26-11-25-18;;;;;;;2*1-2/h2*2-8,15,18,21-22H,9-10H2,1H3;2*2-9,15H,10-11,21H2,1H3;4*1H4;2*1H3;;/q;;;;;;;;2*-1;;/p+2/t15-,18-;;15-;;;;;;;;;/m1.1........./s1. The average molecular weight is 2010 g/mol. The SMILES string of the molecule is C.C.C.C.COC(=O)C(N)CC1=c2ccccc2=[NH+]C1=Cc1ccc2c(c1)OCO2.COC(=O)C1Cc2c([nH]c3ccccc23)C(c2ccc3c(c2)OCO3)N1.COC(=O)[C@H](N)CC1=c2ccccc2=[NH+]C1=Cc1ccc2c(c1)OCO2.COC(=O)[C@H]1Cc2c([nH]c3ccccc23)[C@@H](c2ccc3c(c2)OCO3)N1.II.II.[CH3-].[CH3-]. The summed E-state index contributed by atoms with van der Waals surface area (Å²) < 4.78 is 63.0. The molecule has 8 aliphatic heterocycles. The average Bonchev–Trinajstić information content (AvgIpc) is 1.59. The van der Waals surface area contributed by atoms with Crippen LogP contribution < -0.4 is 91.1 Å². The van der Waals surface area contributed by atoms with Gasteiger partial charge >= 0.3 is 23.9 Å². The molecule has 0 amide bonds. The van der Waals surface area contributed by atoms with Gasteiger partial charge in [-0.15, -0.1) is 0 Å². The summed E-state index contributed by atoms with van der Waals surface area (Å²) in [4.78, 5) is 61.9. The van der Waals surface area contributed by atoms with Crippen molar-refractivity contribution in [2.45, 2.75) is 91.6 Å². The fourth-order valence-corrected chi connectivity index (χ4v) is 14.1. The molecule has 8 aliphatic rings. The molecule has 28 heteroatoms. The highest BCUT2D eigenvalue weighted by Crippen LogP contribution is 2.43. The zero-order chi connectivity index (χ0) is 75.5. The normalized spacial score (nSPS) is 17.4. The van der Waals surface area contributed by atoms with E-state index in [1.165, 1.54) is 28.4 Å². The van der Waals surface area contributed by atoms with E-state index in [1.807, 2.05) is 158 Å². The summed E-state index contributed by atoms with van der Waals surface area (Å²) in [5.41, 5.74) is 26.3. The number of carbonyl (C=O) groups is 4. The van der Waals surface area contributed by atoms with Crippen LogP contribution in [0.25, 0.3) is 45.1 Å². The first-order chi connectivity index (χ1) is 52.8. The number of allylic oxidation sites excluding steroid dienone is 2. The molecule has 10 heterocycles. The third kappa shape index (κ3) is 20.0. The second-order valence-electron chi connectivity index (χ2n) is 25.4. The lowest BCUT2D eigenvalue weighted by molar-refractivity contribution is -0.431. The minimum absolute atomic E-state index is 0. The van der Waals surface area contributed by atoms with Gasteiger partial charge in [-0.25, -0.2) is 9.98 Å². The summed E-state index contributed by atoms with van der Waals surface area (Å²) in [7, 11) is 5.53. The first kappa shape index (κ1) is 91.9. The lowest BCUT2D eigenvalue weighted by Crippen LogP contribution is -2.73. The summed E-state index contributed by atoms with van der Waals surface area (Å²) >= 11 is 8.48. The predicted octanol–water partition coefficient (Wildman–Crippen LogP) is 10.8. The topological polar surface area (TPSA) is 315 Å². The number of ether oxygens (including phenoxy) is 12. The van der Waals surface area contributed by atoms with E-state index >= 15 is 0 Å². The quantitative estimate of drug-likeness (QED) is 0.0244. The summed E-state index contributed by atoms with van der Waals surface area (Å²) in [6.07, 6.45) is 5.98. The van der Waals surface area contributed by atoms with Gasteiger partial charge in [0.05, 0.1) is 51.0 Å². The fourth-order valence-electron chi connectivity index (χ4n) is 14.1. The highest BCUT2D eigenvalue weighted by Gasteiger charge is 2.38. The first-order valence-corrected chi connectivity index (χ1v) is 46.7. The Hall–Kier alpha value is -9.30. The summed E-state index contributed by atoms with van der Waals surface area (Å²) in [5, 5.41) is 13.2. The van der Waals surface area contributed by atoms with Gasteiger partial charge in [-0.2, -0.15) is 0 Å². The second kappa shape index (κ2) is 42.4. The van der Waals surface area contributed by atoms with E-state index in [4.69, 9.17) is 68.3 Å². The molecule has 10 N–H and O–H groups in total. The Kier molecular flexibility index (Phi) is 34.1. The monoisotopic (exact) mass is 2000 g/mol. The first-order valence-electron chi connectivity index (χ1n) is 34.1. The Morgan fingerprint density at radius 1 is 0.439 bits per heavy atom. The van der Waals surface area contributed by atoms with Gasteiger partial charge in [-0.05, 0) is 106 Å². The molecule has 10 aromatic rings. The predicted molar refractivity (Wildman–Crippen MR) is 475 cm³/mol. The van der Waals surface area contributed by atoms with Crippen LogP contribution in [0.1, 0.15) is 99.4 Å². The molecule has 0 fully saturated rings. The number of carbonyl (C=O) groups excluding carboxylic acids is 4. The molecule has 2 aromatic heterocycles. The fraction of sp³-hybridized carbons (Fsp3) is 0.256. The molecule has 0 saturated heterocycles. The zero-order valence-corrected chi connectivity index (χ0v) is 69.3. The maximum absolute atomic E-state index is 12.3. The summed E-state index contributed by atoms with van der Waals surface area (Å²) in [5.74, 6) is 4.50. The van der Waals surface area contributed by atoms with Crippen LogP contribution in [-0.4, -0.2) is 114 Å². The summed E-state index contributed by atoms with van der Waals surface area (Å²) in [6, 6.07) is 52.9. The number of rotatable bonds is 12. The van der Waals surface area contributed by atoms with E-state index in [9.17, 15) is 19.2 Å². The van der Waals surface area contributed by atoms with Crippen LogP contribution in [0.5, 0.6) is 46.0 Å². The van der Waals surface area contributed by atoms with Gasteiger partial charge in [0.1, 0.15) is 24.2 Å². The van der Waals surface area contributed by atoms with Crippen molar-refractivity contribution in [3.63, 3.8) is 0 Å². The number of nitrogens with two attached hydrogens (primary N) is 2. The van der Waals surface area contributed by atoms with Gasteiger partial charge in [-0.1, -0.05) is 115 Å².